The highest BCUT2D eigenvalue weighted by molar-refractivity contribution is 5.90. The minimum absolute atomic E-state index is 0.112. The number of nitrogens with two attached hydrogens (primary N) is 2. The summed E-state index contributed by atoms with van der Waals surface area (Å²) in [4.78, 5) is 22.9. The number of carbonyl (C=O) groups is 2. The number of nitrogens with zero attached hydrogens (tertiary/aromatic N) is 1. The van der Waals surface area contributed by atoms with Crippen molar-refractivity contribution in [3.63, 3.8) is 0 Å². The van der Waals surface area contributed by atoms with E-state index in [-0.39, 0.29) is 5.96 Å². The molecule has 2 heterocycles. The molecule has 0 saturated carbocycles. The molecule has 2 aliphatic heterocycles. The maximum atomic E-state index is 10.7. The molecule has 9 nitrogen and oxygen atoms in total. The second-order valence-corrected chi connectivity index (χ2v) is 5.31. The Kier molecular flexibility index (Phi) is 7.94. The second-order valence-electron chi connectivity index (χ2n) is 5.31. The van der Waals surface area contributed by atoms with Crippen molar-refractivity contribution < 1.29 is 19.8 Å². The molecule has 1 atom stereocenters. The molecule has 0 saturated heterocycles. The highest BCUT2D eigenvalue weighted by Crippen LogP contribution is 2.19. The van der Waals surface area contributed by atoms with E-state index < -0.39 is 18.0 Å². The van der Waals surface area contributed by atoms with Crippen molar-refractivity contribution in [1.29, 1.82) is 5.41 Å². The van der Waals surface area contributed by atoms with E-state index in [1.165, 1.54) is 0 Å². The van der Waals surface area contributed by atoms with Crippen LogP contribution in [-0.4, -0.2) is 52.1 Å². The number of hydrogen-bond acceptors (Lipinski definition) is 5. The Balaban J connectivity index is 0.000000252. The van der Waals surface area contributed by atoms with Gasteiger partial charge in [0.1, 0.15) is 6.04 Å². The van der Waals surface area contributed by atoms with Gasteiger partial charge in [0.15, 0.2) is 5.96 Å². The van der Waals surface area contributed by atoms with Gasteiger partial charge in [-0.3, -0.25) is 10.2 Å². The Hall–Kier alpha value is -3.07. The third kappa shape index (κ3) is 7.36. The van der Waals surface area contributed by atoms with Gasteiger partial charge in [0.2, 0.25) is 0 Å². The molecule has 0 aromatic carbocycles. The SMILES string of the molecule is N=C(N)NCCCC(N)C(=O)O.O=C(O)C1=CCN2C=CC=CC2=C1. The van der Waals surface area contributed by atoms with E-state index in [1.807, 2.05) is 29.3 Å². The van der Waals surface area contributed by atoms with Gasteiger partial charge in [0, 0.05) is 25.0 Å². The van der Waals surface area contributed by atoms with Crippen molar-refractivity contribution in [3.8, 4) is 0 Å². The Morgan fingerprint density at radius 1 is 1.36 bits per heavy atom. The number of aliphatic carboxylic acids is 2. The molecule has 0 aromatic heterocycles. The zero-order valence-electron chi connectivity index (χ0n) is 13.7. The van der Waals surface area contributed by atoms with Crippen molar-refractivity contribution in [2.75, 3.05) is 13.1 Å². The normalized spacial score (nSPS) is 15.8. The molecule has 0 radical (unpaired) electrons. The predicted octanol–water partition coefficient (Wildman–Crippen LogP) is -0.0580. The van der Waals surface area contributed by atoms with Crippen LogP contribution >= 0.6 is 0 Å². The fourth-order valence-corrected chi connectivity index (χ4v) is 2.02. The largest absolute Gasteiger partial charge is 0.480 e. The molecule has 2 rings (SSSR count). The number of allylic oxidation sites excluding steroid dienone is 3. The Morgan fingerprint density at radius 3 is 2.68 bits per heavy atom. The van der Waals surface area contributed by atoms with Gasteiger partial charge in [0.25, 0.3) is 0 Å². The van der Waals surface area contributed by atoms with Gasteiger partial charge in [0.05, 0.1) is 5.57 Å². The summed E-state index contributed by atoms with van der Waals surface area (Å²) in [6.07, 6.45) is 12.0. The summed E-state index contributed by atoms with van der Waals surface area (Å²) in [6, 6.07) is -0.821. The molecule has 1 unspecified atom stereocenters. The molecule has 9 heteroatoms. The van der Waals surface area contributed by atoms with Gasteiger partial charge in [-0.15, -0.1) is 0 Å². The second kappa shape index (κ2) is 9.93. The number of nitrogens with one attached hydrogen (secondary N) is 2. The number of hydrogen-bond donors (Lipinski definition) is 6. The van der Waals surface area contributed by atoms with Crippen LogP contribution in [0.25, 0.3) is 0 Å². The zero-order valence-corrected chi connectivity index (χ0v) is 13.7. The van der Waals surface area contributed by atoms with Crippen LogP contribution in [-0.2, 0) is 9.59 Å². The van der Waals surface area contributed by atoms with Gasteiger partial charge in [-0.25, -0.2) is 4.79 Å². The molecule has 0 amide bonds. The van der Waals surface area contributed by atoms with Gasteiger partial charge in [-0.05, 0) is 31.1 Å². The molecule has 0 fully saturated rings. The van der Waals surface area contributed by atoms with Crippen LogP contribution in [0, 0.1) is 5.41 Å². The highest BCUT2D eigenvalue weighted by Gasteiger charge is 2.14. The Morgan fingerprint density at radius 2 is 2.08 bits per heavy atom. The number of rotatable bonds is 6. The molecule has 136 valence electrons. The molecule has 2 aliphatic rings. The fraction of sp³-hybridized carbons (Fsp3) is 0.312. The number of carboxylic acid groups (broad SMARTS) is 2. The molecular weight excluding hydrogens is 326 g/mol. The molecular formula is C16H23N5O4. The van der Waals surface area contributed by atoms with Crippen molar-refractivity contribution >= 4 is 17.9 Å². The lowest BCUT2D eigenvalue weighted by molar-refractivity contribution is -0.138. The summed E-state index contributed by atoms with van der Waals surface area (Å²) >= 11 is 0. The topological polar surface area (TPSA) is 166 Å². The minimum atomic E-state index is -1.00. The first kappa shape index (κ1) is 20.0. The van der Waals surface area contributed by atoms with Crippen molar-refractivity contribution in [3.05, 3.63) is 47.9 Å². The molecule has 0 bridgehead atoms. The predicted molar refractivity (Wildman–Crippen MR) is 93.5 cm³/mol. The summed E-state index contributed by atoms with van der Waals surface area (Å²) in [5.41, 5.74) is 11.5. The van der Waals surface area contributed by atoms with E-state index in [2.05, 4.69) is 5.32 Å². The maximum absolute atomic E-state index is 10.7. The standard InChI is InChI=1S/C10H9NO2.C6H14N4O2/c12-10(13)8-4-6-11-5-2-1-3-9(11)7-8;7-4(5(11)12)2-1-3-10-6(8)9/h1-5,7H,6H2,(H,12,13);4H,1-3,7H2,(H,11,12)(H4,8,9,10). The van der Waals surface area contributed by atoms with Gasteiger partial charge in [-0.1, -0.05) is 12.2 Å². The lowest BCUT2D eigenvalue weighted by Gasteiger charge is -2.25. The van der Waals surface area contributed by atoms with Crippen LogP contribution in [0.2, 0.25) is 0 Å². The van der Waals surface area contributed by atoms with Crippen LogP contribution < -0.4 is 16.8 Å². The van der Waals surface area contributed by atoms with E-state index in [0.717, 1.165) is 5.70 Å². The molecule has 0 spiro atoms. The first-order valence-electron chi connectivity index (χ1n) is 7.64. The average molecular weight is 349 g/mol. The summed E-state index contributed by atoms with van der Waals surface area (Å²) in [5.74, 6) is -1.98. The number of carboxylic acids is 2. The van der Waals surface area contributed by atoms with E-state index in [0.29, 0.717) is 31.5 Å². The van der Waals surface area contributed by atoms with Crippen molar-refractivity contribution in [2.45, 2.75) is 18.9 Å². The number of guanidine groups is 1. The lowest BCUT2D eigenvalue weighted by Crippen LogP contribution is -2.34. The van der Waals surface area contributed by atoms with E-state index in [9.17, 15) is 9.59 Å². The number of fused-ring (bicyclic) bond motifs is 1. The Bertz CT molecular complexity index is 636. The summed E-state index contributed by atoms with van der Waals surface area (Å²) in [6.45, 7) is 1.12. The molecule has 8 N–H and O–H groups in total. The van der Waals surface area contributed by atoms with Gasteiger partial charge < -0.3 is 31.9 Å². The summed E-state index contributed by atoms with van der Waals surface area (Å²) in [5, 5.41) is 26.5. The molecule has 25 heavy (non-hydrogen) atoms. The highest BCUT2D eigenvalue weighted by atomic mass is 16.4. The quantitative estimate of drug-likeness (QED) is 0.220. The third-order valence-corrected chi connectivity index (χ3v) is 3.36. The fourth-order valence-electron chi connectivity index (χ4n) is 2.02. The average Bonchev–Trinajstić information content (AvgIpc) is 2.58. The lowest BCUT2D eigenvalue weighted by atomic mass is 10.1. The van der Waals surface area contributed by atoms with Crippen molar-refractivity contribution in [1.82, 2.24) is 10.2 Å². The molecule has 0 aliphatic carbocycles. The van der Waals surface area contributed by atoms with E-state index >= 15 is 0 Å². The van der Waals surface area contributed by atoms with Crippen molar-refractivity contribution in [2.24, 2.45) is 11.5 Å². The first-order chi connectivity index (χ1) is 11.8. The van der Waals surface area contributed by atoms with E-state index in [4.69, 9.17) is 27.1 Å². The van der Waals surface area contributed by atoms with Crippen LogP contribution in [0.3, 0.4) is 0 Å². The Labute approximate surface area is 145 Å². The van der Waals surface area contributed by atoms with Crippen LogP contribution in [0.4, 0.5) is 0 Å². The van der Waals surface area contributed by atoms with Gasteiger partial charge in [-0.2, -0.15) is 0 Å². The van der Waals surface area contributed by atoms with Crippen LogP contribution in [0.15, 0.2) is 47.9 Å². The maximum Gasteiger partial charge on any atom is 0.335 e. The zero-order chi connectivity index (χ0) is 18.8. The van der Waals surface area contributed by atoms with Crippen LogP contribution in [0.5, 0.6) is 0 Å². The monoisotopic (exact) mass is 349 g/mol. The third-order valence-electron chi connectivity index (χ3n) is 3.36. The minimum Gasteiger partial charge on any atom is -0.480 e. The van der Waals surface area contributed by atoms with Crippen LogP contribution in [0.1, 0.15) is 12.8 Å². The first-order valence-corrected chi connectivity index (χ1v) is 7.64. The summed E-state index contributed by atoms with van der Waals surface area (Å²) < 4.78 is 0. The smallest absolute Gasteiger partial charge is 0.335 e. The van der Waals surface area contributed by atoms with E-state index in [1.54, 1.807) is 12.2 Å². The van der Waals surface area contributed by atoms with Gasteiger partial charge >= 0.3 is 11.9 Å². The summed E-state index contributed by atoms with van der Waals surface area (Å²) in [7, 11) is 0. The molecule has 0 aromatic rings.